The van der Waals surface area contributed by atoms with Crippen LogP contribution in [0.2, 0.25) is 0 Å². The third-order valence-electron chi connectivity index (χ3n) is 1.55. The van der Waals surface area contributed by atoms with Crippen LogP contribution in [0.3, 0.4) is 0 Å². The number of benzene rings is 1. The van der Waals surface area contributed by atoms with Crippen molar-refractivity contribution in [3.63, 3.8) is 0 Å². The predicted molar refractivity (Wildman–Crippen MR) is 54.9 cm³/mol. The molecule has 0 N–H and O–H groups in total. The molecule has 0 saturated carbocycles. The summed E-state index contributed by atoms with van der Waals surface area (Å²) in [6, 6.07) is 8.31. The standard InChI is InChI=1S/C8H10BrNO2S/c1-2-10(9)13(11,12)8-6-4-3-5-7-8/h3-7H,2H2,1H3. The number of hydrogen-bond acceptors (Lipinski definition) is 2. The van der Waals surface area contributed by atoms with E-state index in [1.807, 2.05) is 0 Å². The lowest BCUT2D eigenvalue weighted by Crippen LogP contribution is -2.20. The highest BCUT2D eigenvalue weighted by atomic mass is 79.9. The van der Waals surface area contributed by atoms with Gasteiger partial charge in [0.2, 0.25) is 0 Å². The van der Waals surface area contributed by atoms with Crippen LogP contribution in [0.15, 0.2) is 35.2 Å². The Bertz CT molecular complexity index is 363. The fourth-order valence-electron chi connectivity index (χ4n) is 0.877. The molecule has 0 atom stereocenters. The maximum atomic E-state index is 11.6. The molecule has 5 heteroatoms. The SMILES string of the molecule is CCN(Br)S(=O)(=O)c1ccccc1. The average molecular weight is 264 g/mol. The molecule has 13 heavy (non-hydrogen) atoms. The molecule has 0 fully saturated rings. The van der Waals surface area contributed by atoms with E-state index >= 15 is 0 Å². The second kappa shape index (κ2) is 4.21. The third-order valence-corrected chi connectivity index (χ3v) is 4.84. The van der Waals surface area contributed by atoms with Crippen LogP contribution in [0.4, 0.5) is 0 Å². The van der Waals surface area contributed by atoms with Crippen LogP contribution in [-0.4, -0.2) is 18.3 Å². The van der Waals surface area contributed by atoms with Crippen molar-refractivity contribution >= 4 is 26.2 Å². The molecule has 1 aromatic rings. The molecule has 0 aliphatic heterocycles. The van der Waals surface area contributed by atoms with E-state index in [0.717, 1.165) is 3.33 Å². The van der Waals surface area contributed by atoms with Gasteiger partial charge in [0, 0.05) is 22.7 Å². The topological polar surface area (TPSA) is 37.4 Å². The van der Waals surface area contributed by atoms with Gasteiger partial charge in [-0.1, -0.05) is 25.1 Å². The Labute approximate surface area is 86.8 Å². The van der Waals surface area contributed by atoms with E-state index in [1.54, 1.807) is 37.3 Å². The summed E-state index contributed by atoms with van der Waals surface area (Å²) in [5.41, 5.74) is 0. The summed E-state index contributed by atoms with van der Waals surface area (Å²) in [7, 11) is -3.34. The molecule has 72 valence electrons. The fraction of sp³-hybridized carbons (Fsp3) is 0.250. The first-order valence-corrected chi connectivity index (χ1v) is 5.97. The molecule has 0 aromatic heterocycles. The van der Waals surface area contributed by atoms with Crippen LogP contribution in [0, 0.1) is 0 Å². The highest BCUT2D eigenvalue weighted by molar-refractivity contribution is 9.08. The second-order valence-electron chi connectivity index (χ2n) is 2.42. The van der Waals surface area contributed by atoms with Crippen molar-refractivity contribution in [2.45, 2.75) is 11.8 Å². The van der Waals surface area contributed by atoms with Crippen LogP contribution in [0.25, 0.3) is 0 Å². The zero-order chi connectivity index (χ0) is 9.90. The molecule has 0 amide bonds. The molecule has 3 nitrogen and oxygen atoms in total. The van der Waals surface area contributed by atoms with Gasteiger partial charge in [-0.15, -0.1) is 3.33 Å². The average Bonchev–Trinajstić information content (AvgIpc) is 2.18. The molecular weight excluding hydrogens is 254 g/mol. The lowest BCUT2D eigenvalue weighted by molar-refractivity contribution is 0.554. The van der Waals surface area contributed by atoms with Crippen LogP contribution in [-0.2, 0) is 10.0 Å². The lowest BCUT2D eigenvalue weighted by atomic mass is 10.4. The monoisotopic (exact) mass is 263 g/mol. The Morgan fingerprint density at radius 3 is 2.31 bits per heavy atom. The van der Waals surface area contributed by atoms with Gasteiger partial charge in [0.15, 0.2) is 0 Å². The van der Waals surface area contributed by atoms with Crippen LogP contribution in [0.1, 0.15) is 6.92 Å². The van der Waals surface area contributed by atoms with E-state index in [1.165, 1.54) is 0 Å². The van der Waals surface area contributed by atoms with Crippen LogP contribution >= 0.6 is 16.1 Å². The molecule has 0 unspecified atom stereocenters. The maximum absolute atomic E-state index is 11.6. The molecular formula is C8H10BrNO2S. The quantitative estimate of drug-likeness (QED) is 0.783. The van der Waals surface area contributed by atoms with Crippen molar-refractivity contribution in [1.29, 1.82) is 0 Å². The Morgan fingerprint density at radius 2 is 1.85 bits per heavy atom. The van der Waals surface area contributed by atoms with Gasteiger partial charge in [0.1, 0.15) is 0 Å². The maximum Gasteiger partial charge on any atom is 0.252 e. The summed E-state index contributed by atoms with van der Waals surface area (Å²) in [5, 5.41) is 0. The van der Waals surface area contributed by atoms with E-state index in [-0.39, 0.29) is 0 Å². The summed E-state index contributed by atoms with van der Waals surface area (Å²) in [4.78, 5) is 0.300. The normalized spacial score (nSPS) is 11.9. The van der Waals surface area contributed by atoms with E-state index in [4.69, 9.17) is 0 Å². The van der Waals surface area contributed by atoms with Crippen molar-refractivity contribution in [2.75, 3.05) is 6.54 Å². The van der Waals surface area contributed by atoms with E-state index < -0.39 is 10.0 Å². The number of nitrogens with zero attached hydrogens (tertiary/aromatic N) is 1. The number of sulfonamides is 1. The minimum atomic E-state index is -3.34. The minimum absolute atomic E-state index is 0.300. The molecule has 1 aromatic carbocycles. The predicted octanol–water partition coefficient (Wildman–Crippen LogP) is 2.01. The minimum Gasteiger partial charge on any atom is -0.206 e. The highest BCUT2D eigenvalue weighted by Crippen LogP contribution is 2.17. The van der Waals surface area contributed by atoms with Crippen LogP contribution < -0.4 is 0 Å². The second-order valence-corrected chi connectivity index (χ2v) is 5.61. The third kappa shape index (κ3) is 2.30. The van der Waals surface area contributed by atoms with E-state index in [9.17, 15) is 8.42 Å². The van der Waals surface area contributed by atoms with Crippen LogP contribution in [0.5, 0.6) is 0 Å². The molecule has 0 aliphatic carbocycles. The molecule has 0 spiro atoms. The van der Waals surface area contributed by atoms with Gasteiger partial charge in [0.05, 0.1) is 4.90 Å². The summed E-state index contributed by atoms with van der Waals surface area (Å²) in [5.74, 6) is 0. The van der Waals surface area contributed by atoms with Gasteiger partial charge in [0.25, 0.3) is 10.0 Å². The molecule has 0 heterocycles. The van der Waals surface area contributed by atoms with Crippen molar-refractivity contribution in [2.24, 2.45) is 0 Å². The summed E-state index contributed by atoms with van der Waals surface area (Å²) in [6.07, 6.45) is 0. The Hall–Kier alpha value is -0.390. The summed E-state index contributed by atoms with van der Waals surface area (Å²) >= 11 is 2.98. The van der Waals surface area contributed by atoms with Gasteiger partial charge in [-0.25, -0.2) is 8.42 Å². The van der Waals surface area contributed by atoms with Gasteiger partial charge < -0.3 is 0 Å². The van der Waals surface area contributed by atoms with E-state index in [0.29, 0.717) is 11.4 Å². The first-order valence-electron chi connectivity index (χ1n) is 3.82. The summed E-state index contributed by atoms with van der Waals surface area (Å²) in [6.45, 7) is 2.16. The lowest BCUT2D eigenvalue weighted by Gasteiger charge is -2.11. The van der Waals surface area contributed by atoms with E-state index in [2.05, 4.69) is 16.1 Å². The van der Waals surface area contributed by atoms with Crippen molar-refractivity contribution < 1.29 is 8.42 Å². The van der Waals surface area contributed by atoms with Gasteiger partial charge in [-0.2, -0.15) is 0 Å². The zero-order valence-electron chi connectivity index (χ0n) is 7.14. The number of rotatable bonds is 3. The smallest absolute Gasteiger partial charge is 0.206 e. The van der Waals surface area contributed by atoms with Crippen molar-refractivity contribution in [1.82, 2.24) is 3.33 Å². The Kier molecular flexibility index (Phi) is 3.47. The van der Waals surface area contributed by atoms with Gasteiger partial charge in [-0.3, -0.25) is 0 Å². The molecule has 0 bridgehead atoms. The number of halogens is 1. The molecule has 0 radical (unpaired) electrons. The first kappa shape index (κ1) is 10.7. The van der Waals surface area contributed by atoms with Crippen molar-refractivity contribution in [3.8, 4) is 0 Å². The molecule has 0 saturated heterocycles. The Balaban J connectivity index is 3.09. The zero-order valence-corrected chi connectivity index (χ0v) is 9.55. The summed E-state index contributed by atoms with van der Waals surface area (Å²) < 4.78 is 24.4. The highest BCUT2D eigenvalue weighted by Gasteiger charge is 2.19. The number of hydrogen-bond donors (Lipinski definition) is 0. The largest absolute Gasteiger partial charge is 0.252 e. The molecule has 1 rings (SSSR count). The van der Waals surface area contributed by atoms with Crippen molar-refractivity contribution in [3.05, 3.63) is 30.3 Å². The van der Waals surface area contributed by atoms with Gasteiger partial charge in [-0.05, 0) is 12.1 Å². The molecule has 0 aliphatic rings. The first-order chi connectivity index (χ1) is 6.09. The Morgan fingerprint density at radius 1 is 1.31 bits per heavy atom. The van der Waals surface area contributed by atoms with Gasteiger partial charge >= 0.3 is 0 Å². The fourth-order valence-corrected chi connectivity index (χ4v) is 2.45.